The van der Waals surface area contributed by atoms with Crippen LogP contribution in [0.3, 0.4) is 0 Å². The van der Waals surface area contributed by atoms with Crippen molar-refractivity contribution in [1.82, 2.24) is 14.8 Å². The molecule has 1 heterocycles. The molecule has 4 rings (SSSR count). The molecule has 0 saturated heterocycles. The van der Waals surface area contributed by atoms with Crippen molar-refractivity contribution in [3.05, 3.63) is 70.2 Å². The highest BCUT2D eigenvalue weighted by Gasteiger charge is 2.30. The van der Waals surface area contributed by atoms with Gasteiger partial charge in [-0.05, 0) is 36.6 Å². The first-order valence-electron chi connectivity index (χ1n) is 8.95. The Labute approximate surface area is 174 Å². The van der Waals surface area contributed by atoms with Crippen molar-refractivity contribution < 1.29 is 9.18 Å². The number of anilines is 1. The summed E-state index contributed by atoms with van der Waals surface area (Å²) < 4.78 is 16.6. The maximum absolute atomic E-state index is 13.9. The van der Waals surface area contributed by atoms with Crippen LogP contribution in [-0.2, 0) is 11.3 Å². The lowest BCUT2D eigenvalue weighted by molar-refractivity contribution is -0.113. The molecule has 1 fully saturated rings. The van der Waals surface area contributed by atoms with E-state index in [1.807, 2.05) is 18.2 Å². The maximum atomic E-state index is 13.9. The van der Waals surface area contributed by atoms with Crippen LogP contribution >= 0.6 is 27.7 Å². The molecule has 1 aliphatic carbocycles. The third kappa shape index (κ3) is 4.62. The first-order chi connectivity index (χ1) is 13.6. The highest BCUT2D eigenvalue weighted by Crippen LogP contribution is 2.40. The van der Waals surface area contributed by atoms with Crippen molar-refractivity contribution in [2.45, 2.75) is 30.5 Å². The maximum Gasteiger partial charge on any atom is 0.234 e. The summed E-state index contributed by atoms with van der Waals surface area (Å²) in [5.74, 6) is 0.805. The molecule has 144 valence electrons. The van der Waals surface area contributed by atoms with E-state index in [0.29, 0.717) is 22.1 Å². The Balaban J connectivity index is 1.45. The molecular weight excluding hydrogens is 443 g/mol. The van der Waals surface area contributed by atoms with Crippen LogP contribution in [-0.4, -0.2) is 26.4 Å². The second-order valence-corrected chi connectivity index (χ2v) is 8.51. The lowest BCUT2D eigenvalue weighted by atomic mass is 10.2. The highest BCUT2D eigenvalue weighted by atomic mass is 79.9. The average molecular weight is 461 g/mol. The third-order valence-corrected chi connectivity index (χ3v) is 5.87. The molecule has 1 N–H and O–H groups in total. The summed E-state index contributed by atoms with van der Waals surface area (Å²) in [6, 6.07) is 14.7. The fraction of sp³-hybridized carbons (Fsp3) is 0.250. The molecule has 0 bridgehead atoms. The summed E-state index contributed by atoms with van der Waals surface area (Å²) in [7, 11) is 0. The monoisotopic (exact) mass is 460 g/mol. The Hall–Kier alpha value is -2.19. The molecule has 0 radical (unpaired) electrons. The quantitative estimate of drug-likeness (QED) is 0.512. The molecule has 3 aromatic rings. The number of carbonyl (C=O) groups is 1. The molecule has 8 heteroatoms. The molecule has 1 amide bonds. The fourth-order valence-electron chi connectivity index (χ4n) is 2.87. The summed E-state index contributed by atoms with van der Waals surface area (Å²) in [5.41, 5.74) is 1.32. The second-order valence-electron chi connectivity index (χ2n) is 6.65. The third-order valence-electron chi connectivity index (χ3n) is 4.41. The van der Waals surface area contributed by atoms with Crippen LogP contribution in [0.5, 0.6) is 0 Å². The number of aromatic nitrogens is 3. The number of carbonyl (C=O) groups excluding carboxylic acids is 1. The minimum absolute atomic E-state index is 0.132. The van der Waals surface area contributed by atoms with Crippen LogP contribution in [0, 0.1) is 5.82 Å². The Kier molecular flexibility index (Phi) is 5.77. The zero-order valence-electron chi connectivity index (χ0n) is 14.9. The van der Waals surface area contributed by atoms with Gasteiger partial charge in [0.1, 0.15) is 11.6 Å². The number of benzene rings is 2. The zero-order valence-corrected chi connectivity index (χ0v) is 17.3. The van der Waals surface area contributed by atoms with Gasteiger partial charge in [0.15, 0.2) is 5.16 Å². The van der Waals surface area contributed by atoms with Crippen molar-refractivity contribution >= 4 is 39.3 Å². The molecule has 2 aromatic carbocycles. The second kappa shape index (κ2) is 8.45. The minimum Gasteiger partial charge on any atom is -0.323 e. The van der Waals surface area contributed by atoms with Gasteiger partial charge in [-0.25, -0.2) is 4.39 Å². The van der Waals surface area contributed by atoms with Gasteiger partial charge in [0.2, 0.25) is 5.91 Å². The normalized spacial score (nSPS) is 13.5. The Bertz CT molecular complexity index is 991. The highest BCUT2D eigenvalue weighted by molar-refractivity contribution is 9.10. The molecule has 5 nitrogen and oxygen atoms in total. The number of nitrogens with zero attached hydrogens (tertiary/aromatic N) is 3. The van der Waals surface area contributed by atoms with E-state index in [1.54, 1.807) is 6.07 Å². The van der Waals surface area contributed by atoms with Gasteiger partial charge in [-0.1, -0.05) is 58.0 Å². The predicted molar refractivity (Wildman–Crippen MR) is 111 cm³/mol. The molecular formula is C20H18BrFN4OS. The molecule has 28 heavy (non-hydrogen) atoms. The summed E-state index contributed by atoms with van der Waals surface area (Å²) >= 11 is 4.52. The van der Waals surface area contributed by atoms with Crippen LogP contribution in [0.25, 0.3) is 0 Å². The largest absolute Gasteiger partial charge is 0.323 e. The topological polar surface area (TPSA) is 59.8 Å². The van der Waals surface area contributed by atoms with E-state index in [-0.39, 0.29) is 17.3 Å². The first-order valence-corrected chi connectivity index (χ1v) is 10.7. The van der Waals surface area contributed by atoms with Gasteiger partial charge in [0.25, 0.3) is 0 Å². The molecule has 0 atom stereocenters. The number of rotatable bonds is 7. The SMILES string of the molecule is O=C(CSc1nnc(C2CC2)n1Cc1ccccc1)Nc1ccc(Br)cc1F. The molecule has 0 aliphatic heterocycles. The molecule has 1 saturated carbocycles. The molecule has 1 aromatic heterocycles. The molecule has 1 aliphatic rings. The summed E-state index contributed by atoms with van der Waals surface area (Å²) in [4.78, 5) is 12.3. The minimum atomic E-state index is -0.476. The van der Waals surface area contributed by atoms with E-state index in [4.69, 9.17) is 0 Å². The lowest BCUT2D eigenvalue weighted by Gasteiger charge is -2.10. The number of nitrogens with one attached hydrogen (secondary N) is 1. The Morgan fingerprint density at radius 2 is 2.00 bits per heavy atom. The zero-order chi connectivity index (χ0) is 19.5. The van der Waals surface area contributed by atoms with Crippen molar-refractivity contribution in [2.75, 3.05) is 11.1 Å². The van der Waals surface area contributed by atoms with Crippen molar-refractivity contribution in [1.29, 1.82) is 0 Å². The fourth-order valence-corrected chi connectivity index (χ4v) is 3.95. The lowest BCUT2D eigenvalue weighted by Crippen LogP contribution is -2.16. The van der Waals surface area contributed by atoms with E-state index in [9.17, 15) is 9.18 Å². The van der Waals surface area contributed by atoms with E-state index >= 15 is 0 Å². The van der Waals surface area contributed by atoms with Gasteiger partial charge < -0.3 is 9.88 Å². The van der Waals surface area contributed by atoms with E-state index in [2.05, 4.69) is 48.1 Å². The van der Waals surface area contributed by atoms with E-state index in [0.717, 1.165) is 24.2 Å². The van der Waals surface area contributed by atoms with Crippen LogP contribution in [0.4, 0.5) is 10.1 Å². The Morgan fingerprint density at radius 3 is 2.71 bits per heavy atom. The number of halogens is 2. The summed E-state index contributed by atoms with van der Waals surface area (Å²) in [6.07, 6.45) is 2.25. The number of thioether (sulfide) groups is 1. The van der Waals surface area contributed by atoms with Crippen LogP contribution in [0.2, 0.25) is 0 Å². The smallest absolute Gasteiger partial charge is 0.234 e. The van der Waals surface area contributed by atoms with Crippen molar-refractivity contribution in [3.63, 3.8) is 0 Å². The standard InChI is InChI=1S/C20H18BrFN4OS/c21-15-8-9-17(16(22)10-15)23-18(27)12-28-20-25-24-19(14-6-7-14)26(20)11-13-4-2-1-3-5-13/h1-5,8-10,14H,6-7,11-12H2,(H,23,27). The molecule has 0 unspecified atom stereocenters. The van der Waals surface area contributed by atoms with Gasteiger partial charge >= 0.3 is 0 Å². The Morgan fingerprint density at radius 1 is 1.21 bits per heavy atom. The van der Waals surface area contributed by atoms with Crippen molar-refractivity contribution in [2.24, 2.45) is 0 Å². The van der Waals surface area contributed by atoms with Crippen LogP contribution in [0.1, 0.15) is 30.1 Å². The summed E-state index contributed by atoms with van der Waals surface area (Å²) in [5, 5.41) is 12.0. The van der Waals surface area contributed by atoms with Gasteiger partial charge in [-0.15, -0.1) is 10.2 Å². The van der Waals surface area contributed by atoms with Crippen molar-refractivity contribution in [3.8, 4) is 0 Å². The predicted octanol–water partition coefficient (Wildman–Crippen LogP) is 4.84. The number of amides is 1. The van der Waals surface area contributed by atoms with Gasteiger partial charge in [0.05, 0.1) is 18.0 Å². The van der Waals surface area contributed by atoms with Gasteiger partial charge in [-0.2, -0.15) is 0 Å². The summed E-state index contributed by atoms with van der Waals surface area (Å²) in [6.45, 7) is 0.672. The first kappa shape index (κ1) is 19.1. The number of hydrogen-bond donors (Lipinski definition) is 1. The number of hydrogen-bond acceptors (Lipinski definition) is 4. The average Bonchev–Trinajstić information content (AvgIpc) is 3.45. The van der Waals surface area contributed by atoms with Gasteiger partial charge in [-0.3, -0.25) is 4.79 Å². The van der Waals surface area contributed by atoms with E-state index < -0.39 is 5.82 Å². The van der Waals surface area contributed by atoms with E-state index in [1.165, 1.54) is 23.9 Å². The van der Waals surface area contributed by atoms with Gasteiger partial charge in [0, 0.05) is 10.4 Å². The van der Waals surface area contributed by atoms with Crippen LogP contribution < -0.4 is 5.32 Å². The van der Waals surface area contributed by atoms with Crippen LogP contribution in [0.15, 0.2) is 58.2 Å². The molecule has 0 spiro atoms.